The maximum atomic E-state index is 6.07. The first-order valence-corrected chi connectivity index (χ1v) is 8.12. The summed E-state index contributed by atoms with van der Waals surface area (Å²) < 4.78 is 0. The maximum absolute atomic E-state index is 6.07. The average Bonchev–Trinajstić information content (AvgIpc) is 2.81. The number of rotatable bonds is 4. The van der Waals surface area contributed by atoms with Crippen LogP contribution in [0.3, 0.4) is 0 Å². The van der Waals surface area contributed by atoms with Crippen LogP contribution in [0.25, 0.3) is 0 Å². The molecule has 1 fully saturated rings. The molecule has 0 amide bonds. The third kappa shape index (κ3) is 3.14. The Labute approximate surface area is 136 Å². The number of allylic oxidation sites excluding steroid dienone is 2. The van der Waals surface area contributed by atoms with Gasteiger partial charge < -0.3 is 10.2 Å². The van der Waals surface area contributed by atoms with Gasteiger partial charge in [0.15, 0.2) is 5.11 Å². The van der Waals surface area contributed by atoms with Gasteiger partial charge in [0.25, 0.3) is 0 Å². The minimum Gasteiger partial charge on any atom is -0.354 e. The van der Waals surface area contributed by atoms with E-state index in [2.05, 4.69) is 53.5 Å². The van der Waals surface area contributed by atoms with Gasteiger partial charge in [0, 0.05) is 11.1 Å². The SMILES string of the molecule is C[C@@H](CCc1ccccc1)N1C(=S)N[C@@H]2C=C(Cl)C=C[C@H]21. The van der Waals surface area contributed by atoms with Crippen molar-refractivity contribution >= 4 is 28.9 Å². The predicted octanol–water partition coefficient (Wildman–Crippen LogP) is 3.63. The van der Waals surface area contributed by atoms with Crippen LogP contribution >= 0.6 is 23.8 Å². The predicted molar refractivity (Wildman–Crippen MR) is 92.4 cm³/mol. The number of nitrogens with one attached hydrogen (secondary N) is 1. The van der Waals surface area contributed by atoms with E-state index in [1.54, 1.807) is 0 Å². The maximum Gasteiger partial charge on any atom is 0.170 e. The van der Waals surface area contributed by atoms with E-state index in [1.807, 2.05) is 12.2 Å². The first-order chi connectivity index (χ1) is 10.1. The summed E-state index contributed by atoms with van der Waals surface area (Å²) in [5.41, 5.74) is 1.38. The highest BCUT2D eigenvalue weighted by Crippen LogP contribution is 2.27. The van der Waals surface area contributed by atoms with Gasteiger partial charge in [-0.05, 0) is 49.7 Å². The standard InChI is InChI=1S/C17H19ClN2S/c1-12(7-8-13-5-3-2-4-6-13)20-16-10-9-14(18)11-15(16)19-17(20)21/h2-6,9-12,15-16H,7-8H2,1H3,(H,19,21)/t12-,15+,16+/m0/s1. The van der Waals surface area contributed by atoms with E-state index in [-0.39, 0.29) is 12.1 Å². The molecule has 1 aromatic carbocycles. The zero-order chi connectivity index (χ0) is 14.8. The van der Waals surface area contributed by atoms with Crippen molar-refractivity contribution in [1.29, 1.82) is 0 Å². The minimum atomic E-state index is 0.203. The highest BCUT2D eigenvalue weighted by atomic mass is 35.5. The molecule has 1 aliphatic heterocycles. The molecule has 21 heavy (non-hydrogen) atoms. The summed E-state index contributed by atoms with van der Waals surface area (Å²) in [6, 6.07) is 11.5. The molecule has 3 rings (SSSR count). The van der Waals surface area contributed by atoms with Crippen molar-refractivity contribution in [3.63, 3.8) is 0 Å². The number of benzene rings is 1. The second-order valence-electron chi connectivity index (χ2n) is 5.66. The molecule has 4 heteroatoms. The number of fused-ring (bicyclic) bond motifs is 1. The van der Waals surface area contributed by atoms with Gasteiger partial charge in [-0.15, -0.1) is 0 Å². The Hall–Kier alpha value is -1.32. The van der Waals surface area contributed by atoms with Crippen molar-refractivity contribution in [2.75, 3.05) is 0 Å². The fraction of sp³-hybridized carbons (Fsp3) is 0.353. The van der Waals surface area contributed by atoms with Gasteiger partial charge in [0.05, 0.1) is 12.1 Å². The fourth-order valence-corrected chi connectivity index (χ4v) is 3.68. The molecule has 1 aromatic rings. The Morgan fingerprint density at radius 3 is 2.86 bits per heavy atom. The van der Waals surface area contributed by atoms with Crippen molar-refractivity contribution in [3.05, 3.63) is 59.2 Å². The molecule has 0 saturated carbocycles. The molecule has 0 bridgehead atoms. The third-order valence-electron chi connectivity index (χ3n) is 4.17. The molecule has 110 valence electrons. The van der Waals surface area contributed by atoms with Crippen LogP contribution in [-0.2, 0) is 6.42 Å². The number of thiocarbonyl (C=S) groups is 1. The van der Waals surface area contributed by atoms with Crippen LogP contribution in [0.1, 0.15) is 18.9 Å². The second kappa shape index (κ2) is 6.20. The molecule has 0 radical (unpaired) electrons. The zero-order valence-electron chi connectivity index (χ0n) is 12.0. The fourth-order valence-electron chi connectivity index (χ4n) is 3.03. The van der Waals surface area contributed by atoms with Gasteiger partial charge >= 0.3 is 0 Å². The van der Waals surface area contributed by atoms with Crippen molar-refractivity contribution in [3.8, 4) is 0 Å². The lowest BCUT2D eigenvalue weighted by atomic mass is 10.00. The lowest BCUT2D eigenvalue weighted by Crippen LogP contribution is -2.42. The first kappa shape index (κ1) is 14.6. The summed E-state index contributed by atoms with van der Waals surface area (Å²) in [6.07, 6.45) is 8.31. The topological polar surface area (TPSA) is 15.3 Å². The Morgan fingerprint density at radius 2 is 2.10 bits per heavy atom. The van der Waals surface area contributed by atoms with E-state index in [1.165, 1.54) is 5.56 Å². The van der Waals surface area contributed by atoms with E-state index in [0.29, 0.717) is 6.04 Å². The molecule has 3 atom stereocenters. The quantitative estimate of drug-likeness (QED) is 0.854. The second-order valence-corrected chi connectivity index (χ2v) is 6.48. The van der Waals surface area contributed by atoms with Crippen LogP contribution in [0.15, 0.2) is 53.6 Å². The molecule has 0 aromatic heterocycles. The largest absolute Gasteiger partial charge is 0.354 e. The zero-order valence-corrected chi connectivity index (χ0v) is 13.6. The lowest BCUT2D eigenvalue weighted by Gasteiger charge is -2.31. The third-order valence-corrected chi connectivity index (χ3v) is 4.75. The first-order valence-electron chi connectivity index (χ1n) is 7.33. The Morgan fingerprint density at radius 1 is 1.33 bits per heavy atom. The van der Waals surface area contributed by atoms with Crippen molar-refractivity contribution < 1.29 is 0 Å². The van der Waals surface area contributed by atoms with Crippen LogP contribution in [0.2, 0.25) is 0 Å². The van der Waals surface area contributed by atoms with Crippen LogP contribution in [0, 0.1) is 0 Å². The Bertz CT molecular complexity index is 582. The molecule has 1 saturated heterocycles. The van der Waals surface area contributed by atoms with Gasteiger partial charge in [-0.1, -0.05) is 48.0 Å². The van der Waals surface area contributed by atoms with E-state index in [0.717, 1.165) is 23.0 Å². The van der Waals surface area contributed by atoms with Gasteiger partial charge in [-0.25, -0.2) is 0 Å². The normalized spacial score (nSPS) is 25.3. The molecule has 1 heterocycles. The highest BCUT2D eigenvalue weighted by molar-refractivity contribution is 7.80. The van der Waals surface area contributed by atoms with Gasteiger partial charge in [-0.3, -0.25) is 0 Å². The summed E-state index contributed by atoms with van der Waals surface area (Å²) in [4.78, 5) is 2.30. The lowest BCUT2D eigenvalue weighted by molar-refractivity contribution is 0.290. The summed E-state index contributed by atoms with van der Waals surface area (Å²) in [5, 5.41) is 4.97. The van der Waals surface area contributed by atoms with Crippen molar-refractivity contribution in [1.82, 2.24) is 10.2 Å². The highest BCUT2D eigenvalue weighted by Gasteiger charge is 2.37. The molecule has 2 aliphatic rings. The van der Waals surface area contributed by atoms with Gasteiger partial charge in [-0.2, -0.15) is 0 Å². The molecule has 2 nitrogen and oxygen atoms in total. The van der Waals surface area contributed by atoms with Crippen molar-refractivity contribution in [2.45, 2.75) is 37.9 Å². The summed E-state index contributed by atoms with van der Waals surface area (Å²) in [7, 11) is 0. The van der Waals surface area contributed by atoms with Crippen molar-refractivity contribution in [2.24, 2.45) is 0 Å². The number of hydrogen-bond acceptors (Lipinski definition) is 1. The van der Waals surface area contributed by atoms with Gasteiger partial charge in [0.1, 0.15) is 0 Å². The summed E-state index contributed by atoms with van der Waals surface area (Å²) >= 11 is 11.6. The minimum absolute atomic E-state index is 0.203. The van der Waals surface area contributed by atoms with E-state index >= 15 is 0 Å². The van der Waals surface area contributed by atoms with Crippen LogP contribution < -0.4 is 5.32 Å². The van der Waals surface area contributed by atoms with Crippen LogP contribution in [0.5, 0.6) is 0 Å². The number of aryl methyl sites for hydroxylation is 1. The Kier molecular flexibility index (Phi) is 4.32. The number of hydrogen-bond donors (Lipinski definition) is 1. The van der Waals surface area contributed by atoms with E-state index < -0.39 is 0 Å². The molecule has 1 aliphatic carbocycles. The number of halogens is 1. The van der Waals surface area contributed by atoms with E-state index in [9.17, 15) is 0 Å². The Balaban J connectivity index is 1.66. The molecule has 0 unspecified atom stereocenters. The number of nitrogens with zero attached hydrogens (tertiary/aromatic N) is 1. The van der Waals surface area contributed by atoms with E-state index in [4.69, 9.17) is 23.8 Å². The molecular formula is C17H19ClN2S. The molecule has 0 spiro atoms. The van der Waals surface area contributed by atoms with Gasteiger partial charge in [0.2, 0.25) is 0 Å². The average molecular weight is 319 g/mol. The monoisotopic (exact) mass is 318 g/mol. The summed E-state index contributed by atoms with van der Waals surface area (Å²) in [5.74, 6) is 0. The molecule has 1 N–H and O–H groups in total. The smallest absolute Gasteiger partial charge is 0.170 e. The van der Waals surface area contributed by atoms with Crippen LogP contribution in [0.4, 0.5) is 0 Å². The summed E-state index contributed by atoms with van der Waals surface area (Å²) in [6.45, 7) is 2.24. The molecular weight excluding hydrogens is 300 g/mol. The van der Waals surface area contributed by atoms with Crippen LogP contribution in [-0.4, -0.2) is 28.1 Å².